The normalized spacial score (nSPS) is 24.6. The van der Waals surface area contributed by atoms with Crippen molar-refractivity contribution in [1.82, 2.24) is 10.2 Å². The van der Waals surface area contributed by atoms with Crippen molar-refractivity contribution >= 4 is 28.9 Å². The maximum absolute atomic E-state index is 15.2. The highest BCUT2D eigenvalue weighted by Gasteiger charge is 2.54. The standard InChI is InChI=1S/C27H33ClF2N4O2/c1-4-5-6-22-25(18-7-10-20(29)11-8-18)32-34(24-12-9-19(28)15-23(24)30)27(22,2)26(35)31-16-21-17-33(3)13-14-36-21/h7-12,15,21-22H,4-6,13-14,16-17H2,1-3H3,(H,31,35). The van der Waals surface area contributed by atoms with Crippen LogP contribution in [0, 0.1) is 17.6 Å². The average Bonchev–Trinajstić information content (AvgIpc) is 3.14. The highest BCUT2D eigenvalue weighted by molar-refractivity contribution is 6.30. The molecule has 1 amide bonds. The monoisotopic (exact) mass is 518 g/mol. The van der Waals surface area contributed by atoms with Crippen LogP contribution in [-0.2, 0) is 9.53 Å². The number of hydrogen-bond acceptors (Lipinski definition) is 5. The van der Waals surface area contributed by atoms with Crippen molar-refractivity contribution in [3.63, 3.8) is 0 Å². The highest BCUT2D eigenvalue weighted by atomic mass is 35.5. The Morgan fingerprint density at radius 2 is 2.00 bits per heavy atom. The van der Waals surface area contributed by atoms with Crippen LogP contribution in [0.25, 0.3) is 0 Å². The quantitative estimate of drug-likeness (QED) is 0.542. The molecule has 3 atom stereocenters. The van der Waals surface area contributed by atoms with E-state index in [0.29, 0.717) is 37.4 Å². The first-order valence-corrected chi connectivity index (χ1v) is 12.8. The van der Waals surface area contributed by atoms with Crippen molar-refractivity contribution in [3.8, 4) is 0 Å². The van der Waals surface area contributed by atoms with Crippen LogP contribution >= 0.6 is 11.6 Å². The number of amides is 1. The van der Waals surface area contributed by atoms with Crippen LogP contribution in [0.15, 0.2) is 47.6 Å². The van der Waals surface area contributed by atoms with Crippen molar-refractivity contribution in [3.05, 3.63) is 64.7 Å². The van der Waals surface area contributed by atoms with E-state index in [1.54, 1.807) is 25.1 Å². The summed E-state index contributed by atoms with van der Waals surface area (Å²) in [7, 11) is 2.02. The number of morpholine rings is 1. The Morgan fingerprint density at radius 3 is 2.67 bits per heavy atom. The van der Waals surface area contributed by atoms with E-state index in [4.69, 9.17) is 21.4 Å². The van der Waals surface area contributed by atoms with Crippen molar-refractivity contribution in [2.75, 3.05) is 38.3 Å². The number of likely N-dealkylation sites (N-methyl/N-ethyl adjacent to an activating group) is 1. The molecule has 0 aliphatic carbocycles. The number of unbranched alkanes of at least 4 members (excludes halogenated alkanes) is 1. The minimum absolute atomic E-state index is 0.134. The largest absolute Gasteiger partial charge is 0.374 e. The number of hydrazone groups is 1. The highest BCUT2D eigenvalue weighted by Crippen LogP contribution is 2.43. The number of nitrogens with zero attached hydrogens (tertiary/aromatic N) is 3. The van der Waals surface area contributed by atoms with E-state index in [2.05, 4.69) is 17.1 Å². The summed E-state index contributed by atoms with van der Waals surface area (Å²) in [5, 5.41) is 9.60. The van der Waals surface area contributed by atoms with E-state index in [0.717, 1.165) is 19.4 Å². The van der Waals surface area contributed by atoms with Gasteiger partial charge in [0.05, 0.1) is 24.1 Å². The minimum atomic E-state index is -1.23. The zero-order valence-corrected chi connectivity index (χ0v) is 21.7. The van der Waals surface area contributed by atoms with E-state index < -0.39 is 11.4 Å². The number of ether oxygens (including phenoxy) is 1. The van der Waals surface area contributed by atoms with Crippen LogP contribution in [0.1, 0.15) is 38.7 Å². The maximum atomic E-state index is 15.2. The molecule has 0 bridgehead atoms. The predicted octanol–water partition coefficient (Wildman–Crippen LogP) is 4.85. The molecule has 0 aromatic heterocycles. The summed E-state index contributed by atoms with van der Waals surface area (Å²) < 4.78 is 34.7. The number of nitrogens with one attached hydrogen (secondary N) is 1. The average molecular weight is 519 g/mol. The molecule has 4 rings (SSSR count). The third-order valence-electron chi connectivity index (χ3n) is 7.07. The Kier molecular flexibility index (Phi) is 8.27. The van der Waals surface area contributed by atoms with Gasteiger partial charge in [-0.15, -0.1) is 0 Å². The van der Waals surface area contributed by atoms with Gasteiger partial charge in [0, 0.05) is 30.6 Å². The van der Waals surface area contributed by atoms with Crippen LogP contribution < -0.4 is 10.3 Å². The number of anilines is 1. The molecule has 2 aromatic carbocycles. The molecule has 0 saturated carbocycles. The molecule has 3 unspecified atom stereocenters. The summed E-state index contributed by atoms with van der Waals surface area (Å²) in [5.41, 5.74) is 0.257. The second-order valence-electron chi connectivity index (χ2n) is 9.71. The molecule has 0 radical (unpaired) electrons. The van der Waals surface area contributed by atoms with E-state index in [9.17, 15) is 9.18 Å². The first-order chi connectivity index (χ1) is 17.2. The number of carbonyl (C=O) groups excluding carboxylic acids is 1. The summed E-state index contributed by atoms with van der Waals surface area (Å²) >= 11 is 6.01. The van der Waals surface area contributed by atoms with Gasteiger partial charge in [0.2, 0.25) is 5.91 Å². The van der Waals surface area contributed by atoms with Crippen LogP contribution in [0.4, 0.5) is 14.5 Å². The number of rotatable bonds is 8. The van der Waals surface area contributed by atoms with E-state index in [1.165, 1.54) is 29.3 Å². The molecule has 1 saturated heterocycles. The lowest BCUT2D eigenvalue weighted by molar-refractivity contribution is -0.128. The Hall–Kier alpha value is -2.55. The van der Waals surface area contributed by atoms with E-state index in [1.807, 2.05) is 7.05 Å². The number of benzene rings is 2. The third kappa shape index (κ3) is 5.41. The molecule has 2 heterocycles. The molecule has 2 aromatic rings. The number of halogens is 3. The second-order valence-corrected chi connectivity index (χ2v) is 10.1. The van der Waals surface area contributed by atoms with Gasteiger partial charge in [-0.05, 0) is 56.3 Å². The van der Waals surface area contributed by atoms with Gasteiger partial charge in [-0.25, -0.2) is 13.8 Å². The second kappa shape index (κ2) is 11.2. The number of hydrogen-bond donors (Lipinski definition) is 1. The summed E-state index contributed by atoms with van der Waals surface area (Å²) in [5.74, 6) is -1.55. The first kappa shape index (κ1) is 26.5. The molecular formula is C27H33ClF2N4O2. The SMILES string of the molecule is CCCCC1C(c2ccc(F)cc2)=NN(c2ccc(Cl)cc2F)C1(C)C(=O)NCC1CN(C)CCO1. The third-order valence-corrected chi connectivity index (χ3v) is 7.31. The summed E-state index contributed by atoms with van der Waals surface area (Å²) in [6, 6.07) is 10.4. The predicted molar refractivity (Wildman–Crippen MR) is 138 cm³/mol. The van der Waals surface area contributed by atoms with Crippen LogP contribution in [0.3, 0.4) is 0 Å². The molecule has 9 heteroatoms. The molecule has 36 heavy (non-hydrogen) atoms. The molecule has 1 N–H and O–H groups in total. The lowest BCUT2D eigenvalue weighted by Crippen LogP contribution is -2.59. The van der Waals surface area contributed by atoms with E-state index >= 15 is 4.39 Å². The zero-order valence-electron chi connectivity index (χ0n) is 20.9. The van der Waals surface area contributed by atoms with Crippen molar-refractivity contribution < 1.29 is 18.3 Å². The maximum Gasteiger partial charge on any atom is 0.248 e. The van der Waals surface area contributed by atoms with Gasteiger partial charge in [0.1, 0.15) is 17.2 Å². The fourth-order valence-electron chi connectivity index (χ4n) is 4.99. The minimum Gasteiger partial charge on any atom is -0.374 e. The zero-order chi connectivity index (χ0) is 25.9. The van der Waals surface area contributed by atoms with Crippen molar-refractivity contribution in [2.24, 2.45) is 11.0 Å². The van der Waals surface area contributed by atoms with Crippen molar-refractivity contribution in [2.45, 2.75) is 44.8 Å². The van der Waals surface area contributed by atoms with Gasteiger partial charge in [-0.1, -0.05) is 43.5 Å². The van der Waals surface area contributed by atoms with Gasteiger partial charge in [-0.3, -0.25) is 4.79 Å². The van der Waals surface area contributed by atoms with Gasteiger partial charge >= 0.3 is 0 Å². The van der Waals surface area contributed by atoms with Gasteiger partial charge in [0.25, 0.3) is 0 Å². The van der Waals surface area contributed by atoms with E-state index in [-0.39, 0.29) is 34.5 Å². The Bertz CT molecular complexity index is 1110. The van der Waals surface area contributed by atoms with Gasteiger partial charge < -0.3 is 15.0 Å². The fourth-order valence-corrected chi connectivity index (χ4v) is 5.15. The molecular weight excluding hydrogens is 486 g/mol. The summed E-state index contributed by atoms with van der Waals surface area (Å²) in [4.78, 5) is 16.1. The lowest BCUT2D eigenvalue weighted by Gasteiger charge is -2.38. The smallest absolute Gasteiger partial charge is 0.248 e. The molecule has 1 fully saturated rings. The summed E-state index contributed by atoms with van der Waals surface area (Å²) in [6.45, 7) is 6.37. The molecule has 194 valence electrons. The Labute approximate surface area is 216 Å². The van der Waals surface area contributed by atoms with Crippen molar-refractivity contribution in [1.29, 1.82) is 0 Å². The molecule has 0 spiro atoms. The fraction of sp³-hybridized carbons (Fsp3) is 0.481. The Balaban J connectivity index is 1.73. The summed E-state index contributed by atoms with van der Waals surface area (Å²) in [6.07, 6.45) is 2.29. The van der Waals surface area contributed by atoms with Gasteiger partial charge in [-0.2, -0.15) is 5.10 Å². The number of carbonyl (C=O) groups is 1. The van der Waals surface area contributed by atoms with Crippen LogP contribution in [0.2, 0.25) is 5.02 Å². The first-order valence-electron chi connectivity index (χ1n) is 12.4. The van der Waals surface area contributed by atoms with Crippen LogP contribution in [0.5, 0.6) is 0 Å². The lowest BCUT2D eigenvalue weighted by atomic mass is 9.77. The molecule has 2 aliphatic rings. The van der Waals surface area contributed by atoms with Crippen LogP contribution in [-0.4, -0.2) is 61.5 Å². The molecule has 2 aliphatic heterocycles. The van der Waals surface area contributed by atoms with Gasteiger partial charge in [0.15, 0.2) is 0 Å². The Morgan fingerprint density at radius 1 is 1.25 bits per heavy atom. The topological polar surface area (TPSA) is 57.2 Å². The molecule has 6 nitrogen and oxygen atoms in total.